The molecule has 0 aliphatic heterocycles. The van der Waals surface area contributed by atoms with E-state index in [0.29, 0.717) is 17.3 Å². The Morgan fingerprint density at radius 3 is 2.22 bits per heavy atom. The molecule has 1 aromatic heterocycles. The maximum atomic E-state index is 12.6. The fourth-order valence-corrected chi connectivity index (χ4v) is 3.67. The minimum Gasteiger partial charge on any atom is -0.496 e. The third kappa shape index (κ3) is 4.57. The first kappa shape index (κ1) is 18.7. The summed E-state index contributed by atoms with van der Waals surface area (Å²) in [6.45, 7) is 3.82. The molecular formula is C20H21N3O3S. The summed E-state index contributed by atoms with van der Waals surface area (Å²) in [5, 5.41) is 3.17. The van der Waals surface area contributed by atoms with Gasteiger partial charge in [-0.3, -0.25) is 4.72 Å². The van der Waals surface area contributed by atoms with E-state index in [1.54, 1.807) is 38.3 Å². The zero-order valence-corrected chi connectivity index (χ0v) is 16.2. The van der Waals surface area contributed by atoms with E-state index in [-0.39, 0.29) is 4.90 Å². The molecule has 0 saturated carbocycles. The number of aromatic nitrogens is 1. The van der Waals surface area contributed by atoms with Crippen molar-refractivity contribution in [1.82, 2.24) is 4.98 Å². The summed E-state index contributed by atoms with van der Waals surface area (Å²) < 4.78 is 32.8. The van der Waals surface area contributed by atoms with Crippen molar-refractivity contribution in [3.05, 3.63) is 71.9 Å². The first-order chi connectivity index (χ1) is 12.9. The molecule has 0 saturated heterocycles. The Bertz CT molecular complexity index is 1030. The summed E-state index contributed by atoms with van der Waals surface area (Å²) in [6.07, 6.45) is 1.48. The maximum Gasteiger partial charge on any atom is 0.261 e. The highest BCUT2D eigenvalue weighted by molar-refractivity contribution is 7.92. The van der Waals surface area contributed by atoms with Crippen LogP contribution in [-0.4, -0.2) is 20.5 Å². The average Bonchev–Trinajstić information content (AvgIpc) is 2.65. The fourth-order valence-electron chi connectivity index (χ4n) is 2.55. The molecule has 140 valence electrons. The molecule has 2 aromatic carbocycles. The lowest BCUT2D eigenvalue weighted by Crippen LogP contribution is -2.13. The Morgan fingerprint density at radius 1 is 0.926 bits per heavy atom. The van der Waals surface area contributed by atoms with Gasteiger partial charge in [0.1, 0.15) is 11.6 Å². The van der Waals surface area contributed by atoms with Crippen LogP contribution in [0.4, 0.5) is 17.2 Å². The average molecular weight is 383 g/mol. The van der Waals surface area contributed by atoms with Gasteiger partial charge in [0, 0.05) is 5.69 Å². The Labute approximate surface area is 159 Å². The zero-order valence-electron chi connectivity index (χ0n) is 15.4. The second kappa shape index (κ2) is 7.67. The van der Waals surface area contributed by atoms with E-state index >= 15 is 0 Å². The number of methoxy groups -OCH3 is 1. The molecule has 0 atom stereocenters. The third-order valence-corrected chi connectivity index (χ3v) is 5.40. The number of ether oxygens (including phenoxy) is 1. The van der Waals surface area contributed by atoms with Gasteiger partial charge in [-0.15, -0.1) is 0 Å². The number of hydrogen-bond acceptors (Lipinski definition) is 5. The molecule has 0 radical (unpaired) electrons. The van der Waals surface area contributed by atoms with Gasteiger partial charge in [-0.05, 0) is 61.9 Å². The number of rotatable bonds is 6. The second-order valence-corrected chi connectivity index (χ2v) is 7.84. The molecule has 0 fully saturated rings. The number of pyridine rings is 1. The number of benzene rings is 2. The smallest absolute Gasteiger partial charge is 0.261 e. The normalized spacial score (nSPS) is 11.1. The standard InChI is InChI=1S/C20H21N3O3S/c1-14-4-6-16(7-5-14)22-20-11-8-17(13-21-20)23-27(24,25)18-9-10-19(26-3)15(2)12-18/h4-13,23H,1-3H3,(H,21,22). The minimum atomic E-state index is -3.70. The summed E-state index contributed by atoms with van der Waals surface area (Å²) in [5.74, 6) is 1.27. The van der Waals surface area contributed by atoms with Crippen LogP contribution in [-0.2, 0) is 10.0 Å². The van der Waals surface area contributed by atoms with Crippen molar-refractivity contribution in [2.45, 2.75) is 18.7 Å². The summed E-state index contributed by atoms with van der Waals surface area (Å²) in [4.78, 5) is 4.43. The van der Waals surface area contributed by atoms with E-state index in [4.69, 9.17) is 4.74 Å². The predicted octanol–water partition coefficient (Wildman–Crippen LogP) is 4.25. The highest BCUT2D eigenvalue weighted by atomic mass is 32.2. The van der Waals surface area contributed by atoms with Gasteiger partial charge in [-0.25, -0.2) is 13.4 Å². The van der Waals surface area contributed by atoms with Crippen LogP contribution in [0.25, 0.3) is 0 Å². The number of aryl methyl sites for hydroxylation is 2. The second-order valence-electron chi connectivity index (χ2n) is 6.16. The van der Waals surface area contributed by atoms with Crippen LogP contribution in [0.15, 0.2) is 65.7 Å². The predicted molar refractivity (Wildman–Crippen MR) is 107 cm³/mol. The third-order valence-electron chi connectivity index (χ3n) is 4.02. The molecule has 7 heteroatoms. The zero-order chi connectivity index (χ0) is 19.4. The summed E-state index contributed by atoms with van der Waals surface area (Å²) in [7, 11) is -2.16. The molecule has 0 bridgehead atoms. The largest absolute Gasteiger partial charge is 0.496 e. The Balaban J connectivity index is 1.73. The molecular weight excluding hydrogens is 362 g/mol. The fraction of sp³-hybridized carbons (Fsp3) is 0.150. The van der Waals surface area contributed by atoms with Crippen molar-refractivity contribution in [3.8, 4) is 5.75 Å². The first-order valence-corrected chi connectivity index (χ1v) is 9.83. The van der Waals surface area contributed by atoms with Gasteiger partial charge in [-0.1, -0.05) is 17.7 Å². The van der Waals surface area contributed by atoms with Crippen molar-refractivity contribution in [3.63, 3.8) is 0 Å². The monoisotopic (exact) mass is 383 g/mol. The van der Waals surface area contributed by atoms with E-state index in [1.165, 1.54) is 17.8 Å². The highest BCUT2D eigenvalue weighted by Crippen LogP contribution is 2.23. The summed E-state index contributed by atoms with van der Waals surface area (Å²) in [6, 6.07) is 16.0. The van der Waals surface area contributed by atoms with Crippen molar-refractivity contribution in [1.29, 1.82) is 0 Å². The molecule has 3 aromatic rings. The molecule has 0 spiro atoms. The Kier molecular flexibility index (Phi) is 5.32. The van der Waals surface area contributed by atoms with Crippen LogP contribution in [0.2, 0.25) is 0 Å². The van der Waals surface area contributed by atoms with Gasteiger partial charge in [-0.2, -0.15) is 0 Å². The van der Waals surface area contributed by atoms with Crippen LogP contribution >= 0.6 is 0 Å². The lowest BCUT2D eigenvalue weighted by atomic mass is 10.2. The van der Waals surface area contributed by atoms with Crippen LogP contribution in [0, 0.1) is 13.8 Å². The van der Waals surface area contributed by atoms with Crippen LogP contribution < -0.4 is 14.8 Å². The van der Waals surface area contributed by atoms with Crippen LogP contribution in [0.1, 0.15) is 11.1 Å². The molecule has 0 unspecified atom stereocenters. The first-order valence-electron chi connectivity index (χ1n) is 8.34. The Hall–Kier alpha value is -3.06. The van der Waals surface area contributed by atoms with Gasteiger partial charge in [0.15, 0.2) is 0 Å². The van der Waals surface area contributed by atoms with E-state index in [1.807, 2.05) is 31.2 Å². The number of anilines is 3. The van der Waals surface area contributed by atoms with E-state index in [0.717, 1.165) is 11.3 Å². The topological polar surface area (TPSA) is 80.3 Å². The molecule has 2 N–H and O–H groups in total. The number of sulfonamides is 1. The van der Waals surface area contributed by atoms with E-state index in [2.05, 4.69) is 15.0 Å². The van der Waals surface area contributed by atoms with Crippen molar-refractivity contribution >= 4 is 27.2 Å². The SMILES string of the molecule is COc1ccc(S(=O)(=O)Nc2ccc(Nc3ccc(C)cc3)nc2)cc1C. The van der Waals surface area contributed by atoms with Gasteiger partial charge >= 0.3 is 0 Å². The van der Waals surface area contributed by atoms with Crippen LogP contribution in [0.3, 0.4) is 0 Å². The maximum absolute atomic E-state index is 12.6. The molecule has 3 rings (SSSR count). The highest BCUT2D eigenvalue weighted by Gasteiger charge is 2.16. The molecule has 0 amide bonds. The lowest BCUT2D eigenvalue weighted by molar-refractivity contribution is 0.411. The molecule has 1 heterocycles. The number of nitrogens with one attached hydrogen (secondary N) is 2. The van der Waals surface area contributed by atoms with Gasteiger partial charge in [0.05, 0.1) is 23.9 Å². The summed E-state index contributed by atoms with van der Waals surface area (Å²) in [5.41, 5.74) is 3.22. The summed E-state index contributed by atoms with van der Waals surface area (Å²) >= 11 is 0. The quantitative estimate of drug-likeness (QED) is 0.665. The van der Waals surface area contributed by atoms with Crippen molar-refractivity contribution in [2.75, 3.05) is 17.1 Å². The van der Waals surface area contributed by atoms with Crippen molar-refractivity contribution < 1.29 is 13.2 Å². The van der Waals surface area contributed by atoms with Gasteiger partial charge < -0.3 is 10.1 Å². The van der Waals surface area contributed by atoms with Crippen molar-refractivity contribution in [2.24, 2.45) is 0 Å². The lowest BCUT2D eigenvalue weighted by Gasteiger charge is -2.11. The van der Waals surface area contributed by atoms with Gasteiger partial charge in [0.25, 0.3) is 10.0 Å². The minimum absolute atomic E-state index is 0.169. The van der Waals surface area contributed by atoms with Gasteiger partial charge in [0.2, 0.25) is 0 Å². The van der Waals surface area contributed by atoms with E-state index in [9.17, 15) is 8.42 Å². The van der Waals surface area contributed by atoms with E-state index < -0.39 is 10.0 Å². The molecule has 6 nitrogen and oxygen atoms in total. The van der Waals surface area contributed by atoms with Crippen LogP contribution in [0.5, 0.6) is 5.75 Å². The Morgan fingerprint density at radius 2 is 1.63 bits per heavy atom. The number of nitrogens with zero attached hydrogens (tertiary/aromatic N) is 1. The molecule has 0 aliphatic rings. The molecule has 0 aliphatic carbocycles. The number of hydrogen-bond donors (Lipinski definition) is 2. The molecule has 27 heavy (non-hydrogen) atoms.